The molecule has 0 unspecified atom stereocenters. The second-order valence-electron chi connectivity index (χ2n) is 12.6. The molecule has 0 spiro atoms. The second kappa shape index (κ2) is 30.1. The van der Waals surface area contributed by atoms with Gasteiger partial charge in [-0.15, -0.1) is 11.6 Å². The number of aliphatic hydroxyl groups excluding tert-OH is 4. The first-order chi connectivity index (χ1) is 28.2. The predicted molar refractivity (Wildman–Crippen MR) is 223 cm³/mol. The minimum absolute atomic E-state index is 0.0809. The summed E-state index contributed by atoms with van der Waals surface area (Å²) in [6, 6.07) is 21.1. The van der Waals surface area contributed by atoms with Crippen molar-refractivity contribution < 1.29 is 64.5 Å². The molecule has 0 heterocycles. The van der Waals surface area contributed by atoms with Crippen LogP contribution in [0.4, 0.5) is 0 Å². The van der Waals surface area contributed by atoms with E-state index in [9.17, 15) is 20.4 Å². The lowest BCUT2D eigenvalue weighted by atomic mass is 10.0. The van der Waals surface area contributed by atoms with Gasteiger partial charge in [0.05, 0.1) is 38.6 Å². The van der Waals surface area contributed by atoms with E-state index in [1.807, 2.05) is 36.4 Å². The Kier molecular flexibility index (Phi) is 25.5. The van der Waals surface area contributed by atoms with Crippen LogP contribution in [0.3, 0.4) is 0 Å². The summed E-state index contributed by atoms with van der Waals surface area (Å²) in [5.74, 6) is 2.37. The van der Waals surface area contributed by atoms with Crippen molar-refractivity contribution in [3.05, 3.63) is 108 Å². The minimum atomic E-state index is -0.103. The van der Waals surface area contributed by atoms with Crippen molar-refractivity contribution in [2.24, 2.45) is 0 Å². The number of aromatic hydroxyl groups is 4. The highest BCUT2D eigenvalue weighted by Crippen LogP contribution is 2.31. The van der Waals surface area contributed by atoms with Crippen LogP contribution >= 0.6 is 11.6 Å². The highest BCUT2D eigenvalue weighted by Gasteiger charge is 2.10. The number of hydrogen-bond acceptors (Lipinski definition) is 13. The van der Waals surface area contributed by atoms with Crippen LogP contribution in [0, 0.1) is 0 Å². The fourth-order valence-electron chi connectivity index (χ4n) is 5.40. The minimum Gasteiger partial charge on any atom is -0.504 e. The number of unbranched alkanes of at least 4 members (excludes halogenated alkanes) is 2. The van der Waals surface area contributed by atoms with Gasteiger partial charge in [0, 0.05) is 0 Å². The molecule has 0 saturated heterocycles. The van der Waals surface area contributed by atoms with Crippen LogP contribution in [0.15, 0.2) is 85.6 Å². The summed E-state index contributed by atoms with van der Waals surface area (Å²) >= 11 is 5.21. The SMILES string of the molecule is C=COCCCl.OCCOc1ccc(CCCCc2ccc(OCCO)c(OCCO)c2)cc1OCCO.Oc1ccc(CCCCc2ccc(O)c(O)c2)cc1O. The third kappa shape index (κ3) is 19.9. The van der Waals surface area contributed by atoms with Gasteiger partial charge in [-0.25, -0.2) is 0 Å². The second-order valence-corrected chi connectivity index (χ2v) is 13.0. The van der Waals surface area contributed by atoms with Gasteiger partial charge >= 0.3 is 0 Å². The summed E-state index contributed by atoms with van der Waals surface area (Å²) < 4.78 is 26.7. The first-order valence-electron chi connectivity index (χ1n) is 19.2. The van der Waals surface area contributed by atoms with E-state index in [0.717, 1.165) is 73.6 Å². The molecule has 8 N–H and O–H groups in total. The van der Waals surface area contributed by atoms with Crippen LogP contribution in [0.1, 0.15) is 47.9 Å². The number of hydrogen-bond donors (Lipinski definition) is 8. The molecule has 4 aromatic carbocycles. The molecule has 58 heavy (non-hydrogen) atoms. The number of alkyl halides is 1. The van der Waals surface area contributed by atoms with E-state index >= 15 is 0 Å². The molecule has 0 atom stereocenters. The summed E-state index contributed by atoms with van der Waals surface area (Å²) in [6.45, 7) is 4.27. The van der Waals surface area contributed by atoms with Gasteiger partial charge in [0.25, 0.3) is 0 Å². The summed E-state index contributed by atoms with van der Waals surface area (Å²) in [5.41, 5.74) is 4.17. The van der Waals surface area contributed by atoms with E-state index in [1.54, 1.807) is 24.3 Å². The Morgan fingerprint density at radius 3 is 1.05 bits per heavy atom. The highest BCUT2D eigenvalue weighted by atomic mass is 35.5. The molecule has 0 aliphatic heterocycles. The quantitative estimate of drug-likeness (QED) is 0.0162. The topological polar surface area (TPSA) is 208 Å². The van der Waals surface area contributed by atoms with Crippen LogP contribution in [0.25, 0.3) is 0 Å². The summed E-state index contributed by atoms with van der Waals surface area (Å²) in [5, 5.41) is 73.2. The van der Waals surface area contributed by atoms with E-state index in [2.05, 4.69) is 11.3 Å². The lowest BCUT2D eigenvalue weighted by molar-refractivity contribution is 0.178. The molecule has 0 amide bonds. The lowest BCUT2D eigenvalue weighted by Crippen LogP contribution is -2.07. The van der Waals surface area contributed by atoms with Gasteiger partial charge in [-0.3, -0.25) is 0 Å². The fourth-order valence-corrected chi connectivity index (χ4v) is 5.48. The molecular formula is C44H59ClO13. The van der Waals surface area contributed by atoms with E-state index in [-0.39, 0.29) is 75.9 Å². The molecule has 0 bridgehead atoms. The number of halogens is 1. The van der Waals surface area contributed by atoms with Crippen LogP contribution < -0.4 is 18.9 Å². The molecule has 0 aliphatic rings. The molecule has 0 fully saturated rings. The lowest BCUT2D eigenvalue weighted by Gasteiger charge is -2.14. The Morgan fingerprint density at radius 1 is 0.431 bits per heavy atom. The van der Waals surface area contributed by atoms with Crippen molar-refractivity contribution in [1.29, 1.82) is 0 Å². The molecule has 0 radical (unpaired) electrons. The Balaban J connectivity index is 0.000000377. The van der Waals surface area contributed by atoms with Gasteiger partial charge < -0.3 is 64.5 Å². The Labute approximate surface area is 345 Å². The van der Waals surface area contributed by atoms with Gasteiger partial charge in [-0.1, -0.05) is 30.8 Å². The van der Waals surface area contributed by atoms with Crippen molar-refractivity contribution >= 4 is 11.6 Å². The van der Waals surface area contributed by atoms with E-state index < -0.39 is 0 Å². The zero-order valence-corrected chi connectivity index (χ0v) is 33.7. The Bertz CT molecular complexity index is 1600. The van der Waals surface area contributed by atoms with Crippen LogP contribution in [0.5, 0.6) is 46.0 Å². The van der Waals surface area contributed by atoms with Gasteiger partial charge in [-0.05, 0) is 122 Å². The highest BCUT2D eigenvalue weighted by molar-refractivity contribution is 6.17. The maximum Gasteiger partial charge on any atom is 0.161 e. The van der Waals surface area contributed by atoms with Crippen molar-refractivity contribution in [3.63, 3.8) is 0 Å². The van der Waals surface area contributed by atoms with Gasteiger partial charge in [0.2, 0.25) is 0 Å². The van der Waals surface area contributed by atoms with Crippen LogP contribution in [-0.4, -0.2) is 106 Å². The molecule has 0 aliphatic carbocycles. The van der Waals surface area contributed by atoms with E-state index in [0.29, 0.717) is 35.5 Å². The summed E-state index contributed by atoms with van der Waals surface area (Å²) in [7, 11) is 0. The van der Waals surface area contributed by atoms with E-state index in [4.69, 9.17) is 51.0 Å². The first-order valence-corrected chi connectivity index (χ1v) is 19.7. The molecule has 320 valence electrons. The molecule has 13 nitrogen and oxygen atoms in total. The number of aryl methyl sites for hydroxylation is 4. The normalized spacial score (nSPS) is 10.4. The molecular weight excluding hydrogens is 772 g/mol. The van der Waals surface area contributed by atoms with Crippen molar-refractivity contribution in [2.45, 2.75) is 51.4 Å². The summed E-state index contributed by atoms with van der Waals surface area (Å²) in [6.07, 6.45) is 8.54. The summed E-state index contributed by atoms with van der Waals surface area (Å²) in [4.78, 5) is 0. The standard InChI is InChI=1S/C24H34O8.C16H18O4.C4H7ClO/c25-9-13-29-21-7-5-19(17-23(21)31-15-11-27)3-1-2-4-20-6-8-22(30-14-10-26)24(18-20)32-16-12-28;17-13-7-5-11(9-15(13)19)3-1-2-4-12-6-8-14(18)16(20)10-12;1-2-6-4-3-5/h5-8,17-18,25-28H,1-4,9-16H2;5-10,17-20H,1-4H2;2H,1,3-4H2. The number of benzene rings is 4. The number of ether oxygens (including phenoxy) is 5. The molecule has 4 rings (SSSR count). The maximum absolute atomic E-state index is 9.39. The largest absolute Gasteiger partial charge is 0.504 e. The molecule has 0 aromatic heterocycles. The fraction of sp³-hybridized carbons (Fsp3) is 0.409. The molecule has 4 aromatic rings. The third-order valence-electron chi connectivity index (χ3n) is 8.17. The average Bonchev–Trinajstić information content (AvgIpc) is 3.23. The number of aliphatic hydroxyl groups is 4. The molecule has 14 heteroatoms. The van der Waals surface area contributed by atoms with Crippen molar-refractivity contribution in [3.8, 4) is 46.0 Å². The Hall–Kier alpha value is -5.05. The first kappa shape index (κ1) is 49.1. The van der Waals surface area contributed by atoms with Crippen molar-refractivity contribution in [2.75, 3.05) is 65.3 Å². The average molecular weight is 831 g/mol. The Morgan fingerprint density at radius 2 is 0.759 bits per heavy atom. The number of phenolic OH excluding ortho intramolecular Hbond substituents is 4. The monoisotopic (exact) mass is 830 g/mol. The zero-order valence-electron chi connectivity index (χ0n) is 32.9. The number of rotatable bonds is 25. The zero-order chi connectivity index (χ0) is 42.4. The van der Waals surface area contributed by atoms with Gasteiger partial charge in [-0.2, -0.15) is 0 Å². The predicted octanol–water partition coefficient (Wildman–Crippen LogP) is 6.20. The van der Waals surface area contributed by atoms with Gasteiger partial charge in [0.15, 0.2) is 46.0 Å². The van der Waals surface area contributed by atoms with Gasteiger partial charge in [0.1, 0.15) is 33.0 Å². The van der Waals surface area contributed by atoms with Crippen LogP contribution in [-0.2, 0) is 30.4 Å². The maximum atomic E-state index is 9.39. The van der Waals surface area contributed by atoms with Crippen LogP contribution in [0.2, 0.25) is 0 Å². The smallest absolute Gasteiger partial charge is 0.161 e. The third-order valence-corrected chi connectivity index (χ3v) is 8.32. The molecule has 0 saturated carbocycles. The van der Waals surface area contributed by atoms with E-state index in [1.165, 1.54) is 18.4 Å². The van der Waals surface area contributed by atoms with Crippen molar-refractivity contribution in [1.82, 2.24) is 0 Å². The number of phenols is 4.